The summed E-state index contributed by atoms with van der Waals surface area (Å²) in [4.78, 5) is 15.0. The Morgan fingerprint density at radius 3 is 3.00 bits per heavy atom. The molecular weight excluding hydrogens is 218 g/mol. The topological polar surface area (TPSA) is 88.2 Å². The third-order valence-electron chi connectivity index (χ3n) is 2.99. The molecule has 4 N–H and O–H groups in total. The van der Waals surface area contributed by atoms with E-state index in [1.165, 1.54) is 25.1 Å². The number of hydrogen-bond acceptors (Lipinski definition) is 4. The number of nitrogens with one attached hydrogen (secondary N) is 1. The molecule has 1 fully saturated rings. The van der Waals surface area contributed by atoms with Gasteiger partial charge in [-0.3, -0.25) is 0 Å². The molecule has 0 bridgehead atoms. The van der Waals surface area contributed by atoms with E-state index in [-0.39, 0.29) is 17.3 Å². The molecule has 1 unspecified atom stereocenters. The molecule has 0 aromatic carbocycles. The van der Waals surface area contributed by atoms with Crippen molar-refractivity contribution in [3.63, 3.8) is 0 Å². The zero-order chi connectivity index (χ0) is 12.4. The largest absolute Gasteiger partial charge is 0.478 e. The van der Waals surface area contributed by atoms with Crippen molar-refractivity contribution in [3.05, 3.63) is 17.8 Å². The minimum atomic E-state index is -1.03. The molecule has 2 rings (SSSR count). The van der Waals surface area contributed by atoms with Crippen molar-refractivity contribution in [2.75, 3.05) is 11.1 Å². The third kappa shape index (κ3) is 2.87. The fourth-order valence-electron chi connectivity index (χ4n) is 1.92. The first-order chi connectivity index (χ1) is 8.08. The van der Waals surface area contributed by atoms with E-state index < -0.39 is 5.97 Å². The van der Waals surface area contributed by atoms with Gasteiger partial charge in [-0.15, -0.1) is 0 Å². The van der Waals surface area contributed by atoms with Crippen LogP contribution in [0, 0.1) is 5.92 Å². The van der Waals surface area contributed by atoms with Gasteiger partial charge in [0.15, 0.2) is 0 Å². The van der Waals surface area contributed by atoms with Gasteiger partial charge in [-0.25, -0.2) is 9.78 Å². The van der Waals surface area contributed by atoms with E-state index in [0.29, 0.717) is 5.82 Å². The second-order valence-corrected chi connectivity index (χ2v) is 4.65. The number of nitrogens with two attached hydrogens (primary N) is 1. The standard InChI is InChI=1S/C12H17N3O2/c1-7(6-8-2-3-8)15-11-10(13)9(12(16)17)4-5-14-11/h4-5,7-8H,2-3,6,13H2,1H3,(H,14,15)(H,16,17). The van der Waals surface area contributed by atoms with Crippen LogP contribution >= 0.6 is 0 Å². The van der Waals surface area contributed by atoms with E-state index in [2.05, 4.69) is 17.2 Å². The normalized spacial score (nSPS) is 16.5. The molecule has 5 heteroatoms. The lowest BCUT2D eigenvalue weighted by molar-refractivity contribution is 0.0698. The number of carbonyl (C=O) groups is 1. The van der Waals surface area contributed by atoms with E-state index in [1.807, 2.05) is 0 Å². The number of carboxylic acid groups (broad SMARTS) is 1. The van der Waals surface area contributed by atoms with Crippen LogP contribution in [0.4, 0.5) is 11.5 Å². The second-order valence-electron chi connectivity index (χ2n) is 4.65. The zero-order valence-electron chi connectivity index (χ0n) is 9.81. The lowest BCUT2D eigenvalue weighted by Gasteiger charge is -2.16. The summed E-state index contributed by atoms with van der Waals surface area (Å²) in [6.07, 6.45) is 5.14. The molecule has 17 heavy (non-hydrogen) atoms. The fraction of sp³-hybridized carbons (Fsp3) is 0.500. The highest BCUT2D eigenvalue weighted by Crippen LogP contribution is 2.34. The number of aromatic carboxylic acids is 1. The number of carboxylic acids is 1. The van der Waals surface area contributed by atoms with Crippen LogP contribution in [-0.4, -0.2) is 22.1 Å². The highest BCUT2D eigenvalue weighted by Gasteiger charge is 2.24. The summed E-state index contributed by atoms with van der Waals surface area (Å²) in [6.45, 7) is 2.06. The lowest BCUT2D eigenvalue weighted by Crippen LogP contribution is -2.18. The first-order valence-corrected chi connectivity index (χ1v) is 5.82. The van der Waals surface area contributed by atoms with Gasteiger partial charge in [0.25, 0.3) is 0 Å². The maximum atomic E-state index is 10.9. The molecule has 0 spiro atoms. The number of hydrogen-bond donors (Lipinski definition) is 3. The number of rotatable bonds is 5. The smallest absolute Gasteiger partial charge is 0.337 e. The number of aromatic nitrogens is 1. The summed E-state index contributed by atoms with van der Waals surface area (Å²) >= 11 is 0. The molecule has 0 aliphatic heterocycles. The van der Waals surface area contributed by atoms with Crippen LogP contribution in [-0.2, 0) is 0 Å². The Labute approximate surface area is 100 Å². The molecule has 0 saturated heterocycles. The summed E-state index contributed by atoms with van der Waals surface area (Å²) in [5.74, 6) is 0.252. The molecule has 1 saturated carbocycles. The molecule has 1 atom stereocenters. The Balaban J connectivity index is 2.08. The maximum absolute atomic E-state index is 10.9. The minimum absolute atomic E-state index is 0.0983. The predicted octanol–water partition coefficient (Wildman–Crippen LogP) is 1.96. The van der Waals surface area contributed by atoms with Crippen molar-refractivity contribution in [2.45, 2.75) is 32.2 Å². The molecule has 0 amide bonds. The Hall–Kier alpha value is -1.78. The van der Waals surface area contributed by atoms with E-state index in [0.717, 1.165) is 12.3 Å². The van der Waals surface area contributed by atoms with Crippen LogP contribution in [0.2, 0.25) is 0 Å². The molecule has 1 aliphatic rings. The van der Waals surface area contributed by atoms with Gasteiger partial charge in [0, 0.05) is 12.2 Å². The Morgan fingerprint density at radius 2 is 2.41 bits per heavy atom. The van der Waals surface area contributed by atoms with E-state index in [9.17, 15) is 4.79 Å². The average Bonchev–Trinajstić information content (AvgIpc) is 3.04. The fourth-order valence-corrected chi connectivity index (χ4v) is 1.92. The highest BCUT2D eigenvalue weighted by atomic mass is 16.4. The number of nitrogen functional groups attached to an aromatic ring is 1. The van der Waals surface area contributed by atoms with Crippen molar-refractivity contribution in [1.82, 2.24) is 4.98 Å². The SMILES string of the molecule is CC(CC1CC1)Nc1nccc(C(=O)O)c1N. The van der Waals surface area contributed by atoms with Gasteiger partial charge in [0.2, 0.25) is 0 Å². The molecule has 5 nitrogen and oxygen atoms in total. The minimum Gasteiger partial charge on any atom is -0.478 e. The summed E-state index contributed by atoms with van der Waals surface area (Å²) in [5, 5.41) is 12.1. The van der Waals surface area contributed by atoms with Crippen molar-refractivity contribution < 1.29 is 9.90 Å². The molecule has 1 aromatic heterocycles. The first kappa shape index (κ1) is 11.7. The van der Waals surface area contributed by atoms with Gasteiger partial charge >= 0.3 is 5.97 Å². The van der Waals surface area contributed by atoms with Crippen molar-refractivity contribution in [3.8, 4) is 0 Å². The second kappa shape index (κ2) is 4.61. The van der Waals surface area contributed by atoms with Crippen LogP contribution in [0.25, 0.3) is 0 Å². The average molecular weight is 235 g/mol. The summed E-state index contributed by atoms with van der Waals surface area (Å²) in [5.41, 5.74) is 6.08. The van der Waals surface area contributed by atoms with E-state index in [4.69, 9.17) is 10.8 Å². The van der Waals surface area contributed by atoms with Gasteiger partial charge in [-0.05, 0) is 25.3 Å². The summed E-state index contributed by atoms with van der Waals surface area (Å²) in [7, 11) is 0. The van der Waals surface area contributed by atoms with Crippen molar-refractivity contribution in [1.29, 1.82) is 0 Å². The molecule has 92 valence electrons. The van der Waals surface area contributed by atoms with Crippen molar-refractivity contribution in [2.24, 2.45) is 5.92 Å². The van der Waals surface area contributed by atoms with Crippen LogP contribution < -0.4 is 11.1 Å². The van der Waals surface area contributed by atoms with Gasteiger partial charge in [-0.1, -0.05) is 12.8 Å². The quantitative estimate of drug-likeness (QED) is 0.726. The Morgan fingerprint density at radius 1 is 1.71 bits per heavy atom. The maximum Gasteiger partial charge on any atom is 0.337 e. The molecule has 1 aromatic rings. The number of pyridine rings is 1. The van der Waals surface area contributed by atoms with Gasteiger partial charge < -0.3 is 16.2 Å². The van der Waals surface area contributed by atoms with E-state index in [1.54, 1.807) is 0 Å². The summed E-state index contributed by atoms with van der Waals surface area (Å²) < 4.78 is 0. The highest BCUT2D eigenvalue weighted by molar-refractivity contribution is 5.96. The van der Waals surface area contributed by atoms with Gasteiger partial charge in [0.1, 0.15) is 5.82 Å². The third-order valence-corrected chi connectivity index (χ3v) is 2.99. The molecular formula is C12H17N3O2. The first-order valence-electron chi connectivity index (χ1n) is 5.82. The van der Waals surface area contributed by atoms with Gasteiger partial charge in [-0.2, -0.15) is 0 Å². The predicted molar refractivity (Wildman–Crippen MR) is 66.0 cm³/mol. The molecule has 1 aliphatic carbocycles. The lowest BCUT2D eigenvalue weighted by atomic mass is 10.1. The Bertz CT molecular complexity index is 430. The van der Waals surface area contributed by atoms with Crippen molar-refractivity contribution >= 4 is 17.5 Å². The zero-order valence-corrected chi connectivity index (χ0v) is 9.81. The number of nitrogens with zero attached hydrogens (tertiary/aromatic N) is 1. The number of anilines is 2. The van der Waals surface area contributed by atoms with Crippen LogP contribution in [0.3, 0.4) is 0 Å². The molecule has 0 radical (unpaired) electrons. The van der Waals surface area contributed by atoms with E-state index >= 15 is 0 Å². The van der Waals surface area contributed by atoms with Crippen LogP contribution in [0.5, 0.6) is 0 Å². The van der Waals surface area contributed by atoms with Crippen LogP contribution in [0.1, 0.15) is 36.5 Å². The summed E-state index contributed by atoms with van der Waals surface area (Å²) in [6, 6.07) is 1.68. The monoisotopic (exact) mass is 235 g/mol. The molecule has 1 heterocycles. The Kier molecular flexibility index (Phi) is 3.17. The van der Waals surface area contributed by atoms with Gasteiger partial charge in [0.05, 0.1) is 11.3 Å². The van der Waals surface area contributed by atoms with Crippen LogP contribution in [0.15, 0.2) is 12.3 Å².